The summed E-state index contributed by atoms with van der Waals surface area (Å²) in [7, 11) is 0. The SMILES string of the molecule is CC1CC(C(=O)NCc2ccc(/C=C/C(=O)O)s2)CO1. The van der Waals surface area contributed by atoms with Crippen molar-refractivity contribution in [3.63, 3.8) is 0 Å². The fraction of sp³-hybridized carbons (Fsp3) is 0.429. The first kappa shape index (κ1) is 14.7. The van der Waals surface area contributed by atoms with Gasteiger partial charge in [-0.15, -0.1) is 11.3 Å². The number of rotatable bonds is 5. The van der Waals surface area contributed by atoms with Crippen molar-refractivity contribution in [1.29, 1.82) is 0 Å². The first-order valence-corrected chi connectivity index (χ1v) is 7.25. The second kappa shape index (κ2) is 6.67. The Morgan fingerprint density at radius 2 is 2.35 bits per heavy atom. The second-order valence-corrected chi connectivity index (χ2v) is 5.97. The average molecular weight is 295 g/mol. The minimum atomic E-state index is -0.969. The zero-order chi connectivity index (χ0) is 14.5. The lowest BCUT2D eigenvalue weighted by Crippen LogP contribution is -2.30. The van der Waals surface area contributed by atoms with Gasteiger partial charge >= 0.3 is 5.97 Å². The molecule has 0 saturated carbocycles. The molecule has 2 rings (SSSR count). The van der Waals surface area contributed by atoms with E-state index in [-0.39, 0.29) is 17.9 Å². The predicted octanol–water partition coefficient (Wildman–Crippen LogP) is 1.89. The molecule has 108 valence electrons. The van der Waals surface area contributed by atoms with Crippen LogP contribution in [0.1, 0.15) is 23.1 Å². The zero-order valence-electron chi connectivity index (χ0n) is 11.2. The van der Waals surface area contributed by atoms with Crippen LogP contribution in [0.15, 0.2) is 18.2 Å². The molecule has 2 unspecified atom stereocenters. The van der Waals surface area contributed by atoms with Crippen LogP contribution in [0.25, 0.3) is 6.08 Å². The van der Waals surface area contributed by atoms with Gasteiger partial charge in [-0.1, -0.05) is 0 Å². The number of hydrogen-bond acceptors (Lipinski definition) is 4. The predicted molar refractivity (Wildman–Crippen MR) is 76.4 cm³/mol. The largest absolute Gasteiger partial charge is 0.478 e. The molecule has 1 aliphatic heterocycles. The molecule has 1 saturated heterocycles. The van der Waals surface area contributed by atoms with Crippen LogP contribution in [-0.4, -0.2) is 29.7 Å². The van der Waals surface area contributed by atoms with Gasteiger partial charge in [0.25, 0.3) is 0 Å². The van der Waals surface area contributed by atoms with Crippen molar-refractivity contribution >= 4 is 29.3 Å². The van der Waals surface area contributed by atoms with E-state index in [1.807, 2.05) is 19.1 Å². The number of carbonyl (C=O) groups excluding carboxylic acids is 1. The highest BCUT2D eigenvalue weighted by Crippen LogP contribution is 2.20. The number of carboxylic acid groups (broad SMARTS) is 1. The Bertz CT molecular complexity index is 523. The lowest BCUT2D eigenvalue weighted by atomic mass is 10.1. The van der Waals surface area contributed by atoms with Crippen LogP contribution in [0, 0.1) is 5.92 Å². The van der Waals surface area contributed by atoms with Crippen LogP contribution in [0.2, 0.25) is 0 Å². The van der Waals surface area contributed by atoms with Crippen LogP contribution in [-0.2, 0) is 20.9 Å². The molecular weight excluding hydrogens is 278 g/mol. The van der Waals surface area contributed by atoms with Gasteiger partial charge in [-0.05, 0) is 31.6 Å². The highest BCUT2D eigenvalue weighted by molar-refractivity contribution is 7.12. The van der Waals surface area contributed by atoms with Gasteiger partial charge in [0.15, 0.2) is 0 Å². The lowest BCUT2D eigenvalue weighted by molar-refractivity contribution is -0.131. The van der Waals surface area contributed by atoms with Crippen molar-refractivity contribution in [3.8, 4) is 0 Å². The summed E-state index contributed by atoms with van der Waals surface area (Å²) >= 11 is 1.46. The first-order valence-electron chi connectivity index (χ1n) is 6.43. The van der Waals surface area contributed by atoms with Crippen LogP contribution >= 0.6 is 11.3 Å². The van der Waals surface area contributed by atoms with E-state index in [4.69, 9.17) is 9.84 Å². The van der Waals surface area contributed by atoms with Crippen molar-refractivity contribution in [3.05, 3.63) is 28.0 Å². The van der Waals surface area contributed by atoms with Crippen molar-refractivity contribution in [2.75, 3.05) is 6.61 Å². The molecule has 1 amide bonds. The molecule has 0 radical (unpaired) electrons. The van der Waals surface area contributed by atoms with E-state index in [2.05, 4.69) is 5.32 Å². The van der Waals surface area contributed by atoms with E-state index in [0.29, 0.717) is 13.2 Å². The summed E-state index contributed by atoms with van der Waals surface area (Å²) in [5, 5.41) is 11.4. The Kier molecular flexibility index (Phi) is 4.92. The third kappa shape index (κ3) is 4.18. The van der Waals surface area contributed by atoms with Gasteiger partial charge in [-0.25, -0.2) is 4.79 Å². The van der Waals surface area contributed by atoms with E-state index in [0.717, 1.165) is 22.3 Å². The number of aliphatic carboxylic acids is 1. The molecule has 0 bridgehead atoms. The maximum absolute atomic E-state index is 11.9. The van der Waals surface area contributed by atoms with Crippen LogP contribution in [0.4, 0.5) is 0 Å². The molecule has 1 aromatic heterocycles. The Balaban J connectivity index is 1.82. The smallest absolute Gasteiger partial charge is 0.328 e. The number of carboxylic acids is 1. The third-order valence-electron chi connectivity index (χ3n) is 3.08. The summed E-state index contributed by atoms with van der Waals surface area (Å²) < 4.78 is 5.37. The Morgan fingerprint density at radius 3 is 3.00 bits per heavy atom. The van der Waals surface area contributed by atoms with Crippen molar-refractivity contribution < 1.29 is 19.4 Å². The van der Waals surface area contributed by atoms with Gasteiger partial charge < -0.3 is 15.2 Å². The Hall–Kier alpha value is -1.66. The molecule has 1 aromatic rings. The summed E-state index contributed by atoms with van der Waals surface area (Å²) in [6.07, 6.45) is 3.57. The van der Waals surface area contributed by atoms with Crippen LogP contribution in [0.5, 0.6) is 0 Å². The third-order valence-corrected chi connectivity index (χ3v) is 4.13. The fourth-order valence-corrected chi connectivity index (χ4v) is 2.91. The van der Waals surface area contributed by atoms with Gasteiger partial charge in [0.05, 0.1) is 25.2 Å². The molecule has 2 heterocycles. The molecule has 20 heavy (non-hydrogen) atoms. The quantitative estimate of drug-likeness (QED) is 0.813. The lowest BCUT2D eigenvalue weighted by Gasteiger charge is -2.08. The monoisotopic (exact) mass is 295 g/mol. The van der Waals surface area contributed by atoms with E-state index >= 15 is 0 Å². The molecule has 1 fully saturated rings. The second-order valence-electron chi connectivity index (χ2n) is 4.77. The van der Waals surface area contributed by atoms with Crippen LogP contribution in [0.3, 0.4) is 0 Å². The molecule has 5 nitrogen and oxygen atoms in total. The van der Waals surface area contributed by atoms with Gasteiger partial charge in [0.2, 0.25) is 5.91 Å². The zero-order valence-corrected chi connectivity index (χ0v) is 12.0. The number of thiophene rings is 1. The van der Waals surface area contributed by atoms with Crippen molar-refractivity contribution in [2.45, 2.75) is 26.0 Å². The van der Waals surface area contributed by atoms with E-state index in [9.17, 15) is 9.59 Å². The number of carbonyl (C=O) groups is 2. The van der Waals surface area contributed by atoms with Crippen LogP contribution < -0.4 is 5.32 Å². The topological polar surface area (TPSA) is 75.6 Å². The van der Waals surface area contributed by atoms with Crippen molar-refractivity contribution in [2.24, 2.45) is 5.92 Å². The van der Waals surface area contributed by atoms with E-state index in [1.54, 1.807) is 6.08 Å². The maximum Gasteiger partial charge on any atom is 0.328 e. The highest BCUT2D eigenvalue weighted by Gasteiger charge is 2.27. The standard InChI is InChI=1S/C14H17NO4S/c1-9-6-10(8-19-9)14(18)15-7-12-3-2-11(20-12)4-5-13(16)17/h2-5,9-10H,6-8H2,1H3,(H,15,18)(H,16,17)/b5-4+. The normalized spacial score (nSPS) is 22.2. The molecule has 0 aliphatic carbocycles. The minimum absolute atomic E-state index is 0.0189. The summed E-state index contributed by atoms with van der Waals surface area (Å²) in [5.41, 5.74) is 0. The molecule has 2 atom stereocenters. The molecule has 6 heteroatoms. The summed E-state index contributed by atoms with van der Waals surface area (Å²) in [4.78, 5) is 24.2. The number of hydrogen-bond donors (Lipinski definition) is 2. The number of amides is 1. The first-order chi connectivity index (χ1) is 9.54. The highest BCUT2D eigenvalue weighted by atomic mass is 32.1. The van der Waals surface area contributed by atoms with Gasteiger partial charge in [0.1, 0.15) is 0 Å². The molecule has 0 spiro atoms. The van der Waals surface area contributed by atoms with Gasteiger partial charge in [-0.3, -0.25) is 4.79 Å². The van der Waals surface area contributed by atoms with E-state index < -0.39 is 5.97 Å². The van der Waals surface area contributed by atoms with Gasteiger partial charge in [-0.2, -0.15) is 0 Å². The number of ether oxygens (including phenoxy) is 1. The summed E-state index contributed by atoms with van der Waals surface area (Å²) in [6.45, 7) is 2.92. The molecule has 0 aromatic carbocycles. The average Bonchev–Trinajstić information content (AvgIpc) is 3.02. The fourth-order valence-electron chi connectivity index (χ4n) is 2.05. The summed E-state index contributed by atoms with van der Waals surface area (Å²) in [5.74, 6) is -1.01. The molecule has 2 N–H and O–H groups in total. The van der Waals surface area contributed by atoms with Crippen molar-refractivity contribution in [1.82, 2.24) is 5.32 Å². The number of nitrogens with one attached hydrogen (secondary N) is 1. The summed E-state index contributed by atoms with van der Waals surface area (Å²) in [6, 6.07) is 3.73. The Morgan fingerprint density at radius 1 is 1.55 bits per heavy atom. The van der Waals surface area contributed by atoms with E-state index in [1.165, 1.54) is 11.3 Å². The molecular formula is C14H17NO4S. The van der Waals surface area contributed by atoms with Gasteiger partial charge in [0, 0.05) is 15.8 Å². The molecule has 1 aliphatic rings. The Labute approximate surface area is 121 Å². The minimum Gasteiger partial charge on any atom is -0.478 e. The maximum atomic E-state index is 11.9.